The number of guanidine groups is 1. The van der Waals surface area contributed by atoms with Gasteiger partial charge < -0.3 is 5.32 Å². The number of rotatable bonds is 2. The van der Waals surface area contributed by atoms with E-state index < -0.39 is 5.54 Å². The van der Waals surface area contributed by atoms with Gasteiger partial charge in [0.15, 0.2) is 5.96 Å². The highest BCUT2D eigenvalue weighted by atomic mass is 32.2. The van der Waals surface area contributed by atoms with Crippen LogP contribution in [0.2, 0.25) is 0 Å². The van der Waals surface area contributed by atoms with Gasteiger partial charge in [0.25, 0.3) is 5.91 Å². The van der Waals surface area contributed by atoms with E-state index in [2.05, 4.69) is 35.5 Å². The zero-order valence-corrected chi connectivity index (χ0v) is 12.6. The molecule has 3 rings (SSSR count). The number of aliphatic imine (C=N–C) groups is 1. The maximum atomic E-state index is 12.5. The number of hydrogen-bond acceptors (Lipinski definition) is 3. The van der Waals surface area contributed by atoms with Gasteiger partial charge in [-0.2, -0.15) is 0 Å². The number of carbonyl (C=O) groups is 1. The quantitative estimate of drug-likeness (QED) is 0.877. The van der Waals surface area contributed by atoms with Gasteiger partial charge in [-0.05, 0) is 18.4 Å². The van der Waals surface area contributed by atoms with E-state index in [1.807, 2.05) is 30.0 Å². The lowest BCUT2D eigenvalue weighted by Crippen LogP contribution is -2.46. The number of fused-ring (bicyclic) bond motifs is 2. The summed E-state index contributed by atoms with van der Waals surface area (Å²) in [5, 5.41) is 6.25. The topological polar surface area (TPSA) is 53.5 Å². The lowest BCUT2D eigenvalue weighted by atomic mass is 9.87. The summed E-state index contributed by atoms with van der Waals surface area (Å²) in [5.41, 5.74) is 0.445. The van der Waals surface area contributed by atoms with Crippen LogP contribution < -0.4 is 10.6 Å². The van der Waals surface area contributed by atoms with Crippen LogP contribution in [0.15, 0.2) is 34.2 Å². The molecule has 1 atom stereocenters. The minimum absolute atomic E-state index is 0.0211. The largest absolute Gasteiger partial charge is 0.338 e. The van der Waals surface area contributed by atoms with Gasteiger partial charge in [0.2, 0.25) is 0 Å². The molecule has 1 unspecified atom stereocenters. The zero-order chi connectivity index (χ0) is 14.2. The predicted octanol–water partition coefficient (Wildman–Crippen LogP) is 2.11. The molecule has 2 aliphatic heterocycles. The first-order chi connectivity index (χ1) is 9.62. The minimum atomic E-state index is -0.627. The molecule has 5 heteroatoms. The van der Waals surface area contributed by atoms with E-state index >= 15 is 0 Å². The van der Waals surface area contributed by atoms with Gasteiger partial charge in [-0.25, -0.2) is 0 Å². The third-order valence-corrected chi connectivity index (χ3v) is 4.72. The predicted molar refractivity (Wildman–Crippen MR) is 81.9 cm³/mol. The van der Waals surface area contributed by atoms with Crippen LogP contribution in [0.1, 0.15) is 25.8 Å². The highest BCUT2D eigenvalue weighted by Gasteiger charge is 2.49. The summed E-state index contributed by atoms with van der Waals surface area (Å²) < 4.78 is 0. The summed E-state index contributed by atoms with van der Waals surface area (Å²) in [6, 6.07) is 8.13. The molecule has 1 fully saturated rings. The van der Waals surface area contributed by atoms with Crippen LogP contribution in [0.4, 0.5) is 0 Å². The monoisotopic (exact) mass is 289 g/mol. The average Bonchev–Trinajstić information content (AvgIpc) is 2.75. The first-order valence-corrected chi connectivity index (χ1v) is 7.97. The van der Waals surface area contributed by atoms with Crippen LogP contribution in [0, 0.1) is 5.92 Å². The number of nitrogens with zero attached hydrogens (tertiary/aromatic N) is 1. The van der Waals surface area contributed by atoms with E-state index in [1.54, 1.807) is 0 Å². The maximum absolute atomic E-state index is 12.5. The van der Waals surface area contributed by atoms with Crippen molar-refractivity contribution in [3.05, 3.63) is 29.8 Å². The maximum Gasteiger partial charge on any atom is 0.257 e. The Morgan fingerprint density at radius 3 is 3.00 bits per heavy atom. The molecule has 1 aromatic carbocycles. The number of benzene rings is 1. The first kappa shape index (κ1) is 13.5. The first-order valence-electron chi connectivity index (χ1n) is 6.98. The third kappa shape index (κ3) is 2.20. The van der Waals surface area contributed by atoms with Gasteiger partial charge in [-0.15, -0.1) is 11.8 Å². The molecule has 0 aliphatic carbocycles. The van der Waals surface area contributed by atoms with Gasteiger partial charge in [0, 0.05) is 22.8 Å². The minimum Gasteiger partial charge on any atom is -0.338 e. The Kier molecular flexibility index (Phi) is 3.46. The Morgan fingerprint density at radius 1 is 1.40 bits per heavy atom. The van der Waals surface area contributed by atoms with Crippen molar-refractivity contribution in [2.24, 2.45) is 10.9 Å². The van der Waals surface area contributed by atoms with Crippen molar-refractivity contribution in [1.82, 2.24) is 10.6 Å². The summed E-state index contributed by atoms with van der Waals surface area (Å²) in [5.74, 6) is 2.06. The van der Waals surface area contributed by atoms with Crippen molar-refractivity contribution in [2.75, 3.05) is 12.3 Å². The van der Waals surface area contributed by atoms with E-state index in [4.69, 9.17) is 0 Å². The molecule has 0 saturated carbocycles. The molecule has 2 aliphatic rings. The fraction of sp³-hybridized carbons (Fsp3) is 0.467. The molecule has 2 heterocycles. The molecule has 0 aromatic heterocycles. The molecular weight excluding hydrogens is 270 g/mol. The molecule has 1 spiro atoms. The van der Waals surface area contributed by atoms with Crippen molar-refractivity contribution in [2.45, 2.75) is 30.7 Å². The average molecular weight is 289 g/mol. The molecule has 1 aromatic rings. The number of hydrogen-bond donors (Lipinski definition) is 2. The van der Waals surface area contributed by atoms with Gasteiger partial charge in [-0.1, -0.05) is 32.0 Å². The number of nitrogens with one attached hydrogen (secondary N) is 2. The third-order valence-electron chi connectivity index (χ3n) is 3.65. The highest BCUT2D eigenvalue weighted by molar-refractivity contribution is 7.99. The van der Waals surface area contributed by atoms with Crippen molar-refractivity contribution >= 4 is 23.6 Å². The van der Waals surface area contributed by atoms with Crippen LogP contribution in [-0.2, 0) is 10.3 Å². The van der Waals surface area contributed by atoms with Crippen molar-refractivity contribution in [3.63, 3.8) is 0 Å². The van der Waals surface area contributed by atoms with E-state index in [-0.39, 0.29) is 5.91 Å². The van der Waals surface area contributed by atoms with Gasteiger partial charge >= 0.3 is 0 Å². The van der Waals surface area contributed by atoms with Gasteiger partial charge in [0.05, 0.1) is 0 Å². The number of amides is 1. The lowest BCUT2D eigenvalue weighted by molar-refractivity contribution is -0.124. The standard InChI is InChI=1S/C15H19N3OS/c1-10(2)9-16-14-17-13(19)15(18-14)7-8-20-12-6-4-3-5-11(12)15/h3-6,10H,7-9H2,1-2H3,(H2,16,17,18,19). The summed E-state index contributed by atoms with van der Waals surface area (Å²) in [7, 11) is 0. The van der Waals surface area contributed by atoms with Gasteiger partial charge in [-0.3, -0.25) is 15.1 Å². The Hall–Kier alpha value is -1.49. The zero-order valence-electron chi connectivity index (χ0n) is 11.8. The van der Waals surface area contributed by atoms with Crippen LogP contribution >= 0.6 is 11.8 Å². The second-order valence-corrected chi connectivity index (χ2v) is 6.80. The number of carbonyl (C=O) groups excluding carboxylic acids is 1. The fourth-order valence-corrected chi connectivity index (χ4v) is 3.82. The summed E-state index contributed by atoms with van der Waals surface area (Å²) in [4.78, 5) is 18.2. The second-order valence-electron chi connectivity index (χ2n) is 5.66. The smallest absolute Gasteiger partial charge is 0.257 e. The molecule has 20 heavy (non-hydrogen) atoms. The van der Waals surface area contributed by atoms with E-state index in [9.17, 15) is 4.79 Å². The van der Waals surface area contributed by atoms with Crippen LogP contribution in [0.25, 0.3) is 0 Å². The summed E-state index contributed by atoms with van der Waals surface area (Å²) in [6.45, 7) is 4.95. The Morgan fingerprint density at radius 2 is 2.20 bits per heavy atom. The molecular formula is C15H19N3OS. The lowest BCUT2D eigenvalue weighted by Gasteiger charge is -2.32. The Labute approximate surface area is 123 Å². The van der Waals surface area contributed by atoms with Crippen molar-refractivity contribution < 1.29 is 4.79 Å². The summed E-state index contributed by atoms with van der Waals surface area (Å²) >= 11 is 1.81. The molecule has 1 saturated heterocycles. The normalized spacial score (nSPS) is 26.8. The number of thioether (sulfide) groups is 1. The van der Waals surface area contributed by atoms with E-state index in [0.29, 0.717) is 11.9 Å². The van der Waals surface area contributed by atoms with E-state index in [0.717, 1.165) is 24.3 Å². The molecule has 106 valence electrons. The molecule has 1 amide bonds. The van der Waals surface area contributed by atoms with E-state index in [1.165, 1.54) is 4.90 Å². The second kappa shape index (κ2) is 5.13. The SMILES string of the molecule is CC(C)CN=C1NC(=O)C2(CCSc3ccccc32)N1. The van der Waals surface area contributed by atoms with Crippen LogP contribution in [-0.4, -0.2) is 24.2 Å². The summed E-state index contributed by atoms with van der Waals surface area (Å²) in [6.07, 6.45) is 0.793. The van der Waals surface area contributed by atoms with Crippen molar-refractivity contribution in [3.8, 4) is 0 Å². The Balaban J connectivity index is 1.94. The van der Waals surface area contributed by atoms with Crippen LogP contribution in [0.3, 0.4) is 0 Å². The van der Waals surface area contributed by atoms with Crippen LogP contribution in [0.5, 0.6) is 0 Å². The fourth-order valence-electron chi connectivity index (χ4n) is 2.62. The van der Waals surface area contributed by atoms with Gasteiger partial charge in [0.1, 0.15) is 5.54 Å². The van der Waals surface area contributed by atoms with Crippen molar-refractivity contribution in [1.29, 1.82) is 0 Å². The Bertz CT molecular complexity index is 570. The molecule has 0 radical (unpaired) electrons. The molecule has 2 N–H and O–H groups in total. The highest BCUT2D eigenvalue weighted by Crippen LogP contribution is 2.41. The molecule has 0 bridgehead atoms. The molecule has 4 nitrogen and oxygen atoms in total.